The molecule has 0 unspecified atom stereocenters. The van der Waals surface area contributed by atoms with Gasteiger partial charge in [-0.15, -0.1) is 0 Å². The second-order valence-corrected chi connectivity index (χ2v) is 5.20. The number of hydrogen-bond donors (Lipinski definition) is 1. The Morgan fingerprint density at radius 3 is 2.39 bits per heavy atom. The third kappa shape index (κ3) is 4.54. The SMILES string of the molecule is COc1ccc(C)cc1C(=O)/C=C/c1ccc(NC(C)=O)cc1. The summed E-state index contributed by atoms with van der Waals surface area (Å²) in [4.78, 5) is 23.3. The number of aryl methyl sites for hydroxylation is 1. The Bertz CT molecular complexity index is 746. The van der Waals surface area contributed by atoms with Crippen LogP contribution in [0.5, 0.6) is 5.75 Å². The Hall–Kier alpha value is -2.88. The maximum absolute atomic E-state index is 12.3. The fraction of sp³-hybridized carbons (Fsp3) is 0.158. The second-order valence-electron chi connectivity index (χ2n) is 5.20. The minimum absolute atomic E-state index is 0.114. The molecule has 4 nitrogen and oxygen atoms in total. The van der Waals surface area contributed by atoms with Crippen LogP contribution >= 0.6 is 0 Å². The first kappa shape index (κ1) is 16.5. The van der Waals surface area contributed by atoms with Gasteiger partial charge in [-0.1, -0.05) is 29.8 Å². The Morgan fingerprint density at radius 2 is 1.78 bits per heavy atom. The molecule has 2 rings (SSSR count). The van der Waals surface area contributed by atoms with Crippen molar-refractivity contribution in [2.75, 3.05) is 12.4 Å². The van der Waals surface area contributed by atoms with Crippen LogP contribution in [-0.4, -0.2) is 18.8 Å². The first-order chi connectivity index (χ1) is 11.0. The number of rotatable bonds is 5. The van der Waals surface area contributed by atoms with E-state index in [2.05, 4.69) is 5.32 Å². The zero-order valence-corrected chi connectivity index (χ0v) is 13.4. The largest absolute Gasteiger partial charge is 0.496 e. The van der Waals surface area contributed by atoms with Gasteiger partial charge in [0.1, 0.15) is 5.75 Å². The standard InChI is InChI=1S/C19H19NO3/c1-13-4-11-19(23-3)17(12-13)18(22)10-7-15-5-8-16(9-6-15)20-14(2)21/h4-12H,1-3H3,(H,20,21)/b10-7+. The van der Waals surface area contributed by atoms with E-state index in [-0.39, 0.29) is 11.7 Å². The van der Waals surface area contributed by atoms with Crippen molar-refractivity contribution in [1.82, 2.24) is 0 Å². The molecule has 0 bridgehead atoms. The van der Waals surface area contributed by atoms with Crippen molar-refractivity contribution in [3.8, 4) is 5.75 Å². The maximum Gasteiger partial charge on any atom is 0.221 e. The molecule has 0 aliphatic rings. The van der Waals surface area contributed by atoms with E-state index < -0.39 is 0 Å². The Kier molecular flexibility index (Phi) is 5.31. The molecule has 0 fully saturated rings. The van der Waals surface area contributed by atoms with Crippen molar-refractivity contribution in [2.45, 2.75) is 13.8 Å². The molecule has 2 aromatic carbocycles. The lowest BCUT2D eigenvalue weighted by atomic mass is 10.1. The van der Waals surface area contributed by atoms with Crippen LogP contribution in [0.2, 0.25) is 0 Å². The number of carbonyl (C=O) groups excluding carboxylic acids is 2. The first-order valence-electron chi connectivity index (χ1n) is 7.24. The molecule has 1 N–H and O–H groups in total. The molecule has 0 aliphatic carbocycles. The quantitative estimate of drug-likeness (QED) is 0.674. The normalized spacial score (nSPS) is 10.6. The third-order valence-electron chi connectivity index (χ3n) is 3.28. The summed E-state index contributed by atoms with van der Waals surface area (Å²) >= 11 is 0. The van der Waals surface area contributed by atoms with Crippen LogP contribution in [0.15, 0.2) is 48.5 Å². The molecule has 4 heteroatoms. The molecule has 0 radical (unpaired) electrons. The third-order valence-corrected chi connectivity index (χ3v) is 3.28. The highest BCUT2D eigenvalue weighted by atomic mass is 16.5. The summed E-state index contributed by atoms with van der Waals surface area (Å²) in [6.45, 7) is 3.39. The molecule has 0 heterocycles. The van der Waals surface area contributed by atoms with Crippen LogP contribution in [0.25, 0.3) is 6.08 Å². The number of ether oxygens (including phenoxy) is 1. The van der Waals surface area contributed by atoms with Crippen molar-refractivity contribution >= 4 is 23.5 Å². The molecular formula is C19H19NO3. The highest BCUT2D eigenvalue weighted by molar-refractivity contribution is 6.08. The van der Waals surface area contributed by atoms with Crippen molar-refractivity contribution in [2.24, 2.45) is 0 Å². The Morgan fingerprint density at radius 1 is 1.09 bits per heavy atom. The van der Waals surface area contributed by atoms with E-state index in [9.17, 15) is 9.59 Å². The number of anilines is 1. The molecule has 0 aliphatic heterocycles. The van der Waals surface area contributed by atoms with E-state index >= 15 is 0 Å². The van der Waals surface area contributed by atoms with Gasteiger partial charge in [-0.2, -0.15) is 0 Å². The fourth-order valence-electron chi connectivity index (χ4n) is 2.16. The molecule has 118 valence electrons. The molecule has 0 saturated carbocycles. The molecular weight excluding hydrogens is 290 g/mol. The van der Waals surface area contributed by atoms with Crippen LogP contribution in [0.4, 0.5) is 5.69 Å². The number of benzene rings is 2. The summed E-state index contributed by atoms with van der Waals surface area (Å²) < 4.78 is 5.23. The summed E-state index contributed by atoms with van der Waals surface area (Å²) in [7, 11) is 1.55. The van der Waals surface area contributed by atoms with Crippen LogP contribution in [0, 0.1) is 6.92 Å². The van der Waals surface area contributed by atoms with Crippen molar-refractivity contribution < 1.29 is 14.3 Å². The van der Waals surface area contributed by atoms with Crippen LogP contribution in [-0.2, 0) is 4.79 Å². The van der Waals surface area contributed by atoms with Gasteiger partial charge in [-0.3, -0.25) is 9.59 Å². The minimum Gasteiger partial charge on any atom is -0.496 e. The lowest BCUT2D eigenvalue weighted by molar-refractivity contribution is -0.114. The van der Waals surface area contributed by atoms with Crippen LogP contribution < -0.4 is 10.1 Å². The van der Waals surface area contributed by atoms with Gasteiger partial charge in [0.25, 0.3) is 0 Å². The minimum atomic E-state index is -0.116. The monoisotopic (exact) mass is 309 g/mol. The number of ketones is 1. The number of nitrogens with one attached hydrogen (secondary N) is 1. The number of allylic oxidation sites excluding steroid dienone is 1. The van der Waals surface area contributed by atoms with Crippen LogP contribution in [0.3, 0.4) is 0 Å². The molecule has 0 atom stereocenters. The highest BCUT2D eigenvalue weighted by Crippen LogP contribution is 2.21. The van der Waals surface area contributed by atoms with E-state index in [1.807, 2.05) is 31.2 Å². The molecule has 23 heavy (non-hydrogen) atoms. The van der Waals surface area contributed by atoms with E-state index in [1.165, 1.54) is 13.0 Å². The highest BCUT2D eigenvalue weighted by Gasteiger charge is 2.09. The topological polar surface area (TPSA) is 55.4 Å². The number of amides is 1. The molecule has 0 saturated heterocycles. The van der Waals surface area contributed by atoms with E-state index in [0.717, 1.165) is 16.8 Å². The van der Waals surface area contributed by atoms with Gasteiger partial charge in [0.15, 0.2) is 5.78 Å². The predicted octanol–water partition coefficient (Wildman–Crippen LogP) is 3.86. The van der Waals surface area contributed by atoms with Gasteiger partial charge >= 0.3 is 0 Å². The average Bonchev–Trinajstić information content (AvgIpc) is 2.53. The van der Waals surface area contributed by atoms with E-state index in [1.54, 1.807) is 31.4 Å². The maximum atomic E-state index is 12.3. The molecule has 1 amide bonds. The number of hydrogen-bond acceptors (Lipinski definition) is 3. The fourth-order valence-corrected chi connectivity index (χ4v) is 2.16. The number of methoxy groups -OCH3 is 1. The van der Waals surface area contributed by atoms with Crippen molar-refractivity contribution in [3.05, 3.63) is 65.2 Å². The second kappa shape index (κ2) is 7.40. The van der Waals surface area contributed by atoms with E-state index in [4.69, 9.17) is 4.74 Å². The molecule has 0 aromatic heterocycles. The summed E-state index contributed by atoms with van der Waals surface area (Å²) in [5.74, 6) is 0.331. The van der Waals surface area contributed by atoms with Crippen molar-refractivity contribution in [1.29, 1.82) is 0 Å². The van der Waals surface area contributed by atoms with Gasteiger partial charge in [0, 0.05) is 12.6 Å². The summed E-state index contributed by atoms with van der Waals surface area (Å²) in [6, 6.07) is 12.8. The van der Waals surface area contributed by atoms with Gasteiger partial charge < -0.3 is 10.1 Å². The van der Waals surface area contributed by atoms with Crippen molar-refractivity contribution in [3.63, 3.8) is 0 Å². The summed E-state index contributed by atoms with van der Waals surface area (Å²) in [5.41, 5.74) is 3.14. The van der Waals surface area contributed by atoms with Gasteiger partial charge in [0.2, 0.25) is 5.91 Å². The van der Waals surface area contributed by atoms with Gasteiger partial charge in [-0.25, -0.2) is 0 Å². The summed E-state index contributed by atoms with van der Waals surface area (Å²) in [5, 5.41) is 2.70. The Labute approximate surface area is 135 Å². The molecule has 0 spiro atoms. The first-order valence-corrected chi connectivity index (χ1v) is 7.24. The lowest BCUT2D eigenvalue weighted by Gasteiger charge is -2.06. The van der Waals surface area contributed by atoms with Gasteiger partial charge in [0.05, 0.1) is 12.7 Å². The molecule has 2 aromatic rings. The zero-order chi connectivity index (χ0) is 16.8. The Balaban J connectivity index is 2.15. The number of carbonyl (C=O) groups is 2. The lowest BCUT2D eigenvalue weighted by Crippen LogP contribution is -2.05. The smallest absolute Gasteiger partial charge is 0.221 e. The summed E-state index contributed by atoms with van der Waals surface area (Å²) in [6.07, 6.45) is 3.26. The zero-order valence-electron chi connectivity index (χ0n) is 13.4. The van der Waals surface area contributed by atoms with E-state index in [0.29, 0.717) is 11.3 Å². The average molecular weight is 309 g/mol. The predicted molar refractivity (Wildman–Crippen MR) is 91.8 cm³/mol. The van der Waals surface area contributed by atoms with Crippen LogP contribution in [0.1, 0.15) is 28.4 Å². The van der Waals surface area contributed by atoms with Gasteiger partial charge in [-0.05, 0) is 42.8 Å².